The molecule has 2 aromatic carbocycles. The van der Waals surface area contributed by atoms with Crippen molar-refractivity contribution in [3.8, 4) is 0 Å². The van der Waals surface area contributed by atoms with Crippen molar-refractivity contribution in [3.63, 3.8) is 0 Å². The van der Waals surface area contributed by atoms with Gasteiger partial charge in [-0.2, -0.15) is 0 Å². The van der Waals surface area contributed by atoms with Crippen LogP contribution in [0, 0.1) is 0 Å². The molecular weight excluding hydrogens is 270 g/mol. The maximum Gasteiger partial charge on any atom is 0.417 e. The van der Waals surface area contributed by atoms with Crippen LogP contribution in [-0.2, 0) is 6.54 Å². The van der Waals surface area contributed by atoms with Gasteiger partial charge < -0.3 is 15.5 Å². The van der Waals surface area contributed by atoms with E-state index in [1.165, 1.54) is 0 Å². The zero-order valence-corrected chi connectivity index (χ0v) is 11.1. The van der Waals surface area contributed by atoms with Crippen LogP contribution in [0.25, 0.3) is 11.1 Å². The summed E-state index contributed by atoms with van der Waals surface area (Å²) < 4.78 is 4.90. The Morgan fingerprint density at radius 3 is 2.67 bits per heavy atom. The molecule has 3 rings (SSSR count). The predicted molar refractivity (Wildman–Crippen MR) is 79.1 cm³/mol. The molecule has 0 aliphatic heterocycles. The van der Waals surface area contributed by atoms with Crippen LogP contribution in [0.4, 0.5) is 5.69 Å². The van der Waals surface area contributed by atoms with E-state index in [0.29, 0.717) is 28.9 Å². The van der Waals surface area contributed by atoms with Crippen molar-refractivity contribution in [1.82, 2.24) is 4.98 Å². The number of rotatable bonds is 3. The van der Waals surface area contributed by atoms with Crippen molar-refractivity contribution >= 4 is 22.7 Å². The summed E-state index contributed by atoms with van der Waals surface area (Å²) in [7, 11) is 0. The van der Waals surface area contributed by atoms with E-state index in [-0.39, 0.29) is 5.91 Å². The number of hydrogen-bond donors (Lipinski definition) is 3. The molecule has 0 radical (unpaired) electrons. The lowest BCUT2D eigenvalue weighted by atomic mass is 10.1. The number of nitrogens with one attached hydrogen (secondary N) is 2. The first-order valence-electron chi connectivity index (χ1n) is 6.39. The van der Waals surface area contributed by atoms with E-state index in [4.69, 9.17) is 10.2 Å². The largest absolute Gasteiger partial charge is 0.417 e. The van der Waals surface area contributed by atoms with E-state index < -0.39 is 5.76 Å². The van der Waals surface area contributed by atoms with Crippen molar-refractivity contribution in [2.75, 3.05) is 5.32 Å². The first-order valence-corrected chi connectivity index (χ1v) is 6.39. The molecule has 0 unspecified atom stereocenters. The highest BCUT2D eigenvalue weighted by Crippen LogP contribution is 2.17. The predicted octanol–water partition coefficient (Wildman–Crippen LogP) is 1.83. The highest BCUT2D eigenvalue weighted by atomic mass is 16.4. The van der Waals surface area contributed by atoms with Crippen LogP contribution in [0.5, 0.6) is 0 Å². The minimum atomic E-state index is -0.522. The van der Waals surface area contributed by atoms with Gasteiger partial charge >= 0.3 is 5.76 Å². The van der Waals surface area contributed by atoms with Gasteiger partial charge in [-0.25, -0.2) is 4.79 Å². The number of nitrogens with two attached hydrogens (primary N) is 1. The van der Waals surface area contributed by atoms with E-state index in [1.54, 1.807) is 30.3 Å². The Morgan fingerprint density at radius 2 is 1.95 bits per heavy atom. The van der Waals surface area contributed by atoms with Crippen LogP contribution < -0.4 is 16.8 Å². The van der Waals surface area contributed by atoms with Crippen LogP contribution in [0.15, 0.2) is 51.7 Å². The van der Waals surface area contributed by atoms with Gasteiger partial charge in [0, 0.05) is 17.8 Å². The molecule has 106 valence electrons. The molecule has 0 atom stereocenters. The second-order valence-corrected chi connectivity index (χ2v) is 4.58. The van der Waals surface area contributed by atoms with Gasteiger partial charge in [0.25, 0.3) is 5.91 Å². The number of hydrogen-bond acceptors (Lipinski definition) is 4. The van der Waals surface area contributed by atoms with E-state index in [0.717, 1.165) is 5.56 Å². The summed E-state index contributed by atoms with van der Waals surface area (Å²) in [5, 5.41) is 2.76. The lowest BCUT2D eigenvalue weighted by molar-refractivity contribution is 0.102. The van der Waals surface area contributed by atoms with Gasteiger partial charge in [-0.15, -0.1) is 0 Å². The monoisotopic (exact) mass is 283 g/mol. The van der Waals surface area contributed by atoms with Gasteiger partial charge in [0.15, 0.2) is 5.58 Å². The maximum absolute atomic E-state index is 12.1. The van der Waals surface area contributed by atoms with Crippen molar-refractivity contribution < 1.29 is 9.21 Å². The van der Waals surface area contributed by atoms with Crippen LogP contribution in [0.2, 0.25) is 0 Å². The minimum absolute atomic E-state index is 0.233. The first kappa shape index (κ1) is 13.1. The molecule has 0 fully saturated rings. The summed E-state index contributed by atoms with van der Waals surface area (Å²) in [6, 6.07) is 12.0. The fourth-order valence-electron chi connectivity index (χ4n) is 2.03. The molecule has 1 amide bonds. The fourth-order valence-corrected chi connectivity index (χ4v) is 2.03. The third kappa shape index (κ3) is 2.70. The molecule has 4 N–H and O–H groups in total. The minimum Gasteiger partial charge on any atom is -0.408 e. The van der Waals surface area contributed by atoms with Crippen LogP contribution in [0.3, 0.4) is 0 Å². The number of fused-ring (bicyclic) bond motifs is 1. The van der Waals surface area contributed by atoms with Gasteiger partial charge in [-0.05, 0) is 35.9 Å². The highest BCUT2D eigenvalue weighted by molar-refractivity contribution is 6.04. The standard InChI is InChI=1S/C15H13N3O3/c16-8-9-1-3-10(4-2-9)14(19)17-11-5-6-13-12(7-11)18-15(20)21-13/h1-7H,8,16H2,(H,17,19)(H,18,20). The molecule has 0 aliphatic rings. The van der Waals surface area contributed by atoms with Crippen LogP contribution >= 0.6 is 0 Å². The van der Waals surface area contributed by atoms with Crippen LogP contribution in [0.1, 0.15) is 15.9 Å². The molecule has 0 bridgehead atoms. The summed E-state index contributed by atoms with van der Waals surface area (Å²) in [5.74, 6) is -0.755. The number of amides is 1. The summed E-state index contributed by atoms with van der Waals surface area (Å²) in [5.41, 5.74) is 8.58. The maximum atomic E-state index is 12.1. The molecule has 1 aromatic heterocycles. The van der Waals surface area contributed by atoms with Crippen LogP contribution in [-0.4, -0.2) is 10.9 Å². The number of oxazole rings is 1. The number of H-pyrrole nitrogens is 1. The number of carbonyl (C=O) groups is 1. The van der Waals surface area contributed by atoms with E-state index >= 15 is 0 Å². The first-order chi connectivity index (χ1) is 10.2. The second-order valence-electron chi connectivity index (χ2n) is 4.58. The average molecular weight is 283 g/mol. The summed E-state index contributed by atoms with van der Waals surface area (Å²) >= 11 is 0. The van der Waals surface area contributed by atoms with Crippen molar-refractivity contribution in [2.24, 2.45) is 5.73 Å². The smallest absolute Gasteiger partial charge is 0.408 e. The van der Waals surface area contributed by atoms with E-state index in [2.05, 4.69) is 10.3 Å². The average Bonchev–Trinajstić information content (AvgIpc) is 2.86. The number of carbonyl (C=O) groups excluding carboxylic acids is 1. The lowest BCUT2D eigenvalue weighted by Gasteiger charge is -2.05. The Labute approximate surface area is 119 Å². The van der Waals surface area contributed by atoms with Crippen molar-refractivity contribution in [1.29, 1.82) is 0 Å². The van der Waals surface area contributed by atoms with E-state index in [9.17, 15) is 9.59 Å². The Bertz CT molecular complexity index is 846. The van der Waals surface area contributed by atoms with Gasteiger partial charge in [-0.3, -0.25) is 9.78 Å². The quantitative estimate of drug-likeness (QED) is 0.682. The molecule has 0 aliphatic carbocycles. The Morgan fingerprint density at radius 1 is 1.19 bits per heavy atom. The number of anilines is 1. The lowest BCUT2D eigenvalue weighted by Crippen LogP contribution is -2.12. The third-order valence-corrected chi connectivity index (χ3v) is 3.13. The molecule has 3 aromatic rings. The number of aromatic amines is 1. The molecule has 21 heavy (non-hydrogen) atoms. The normalized spacial score (nSPS) is 10.7. The summed E-state index contributed by atoms with van der Waals surface area (Å²) in [6.45, 7) is 0.437. The molecule has 6 nitrogen and oxygen atoms in total. The zero-order valence-electron chi connectivity index (χ0n) is 11.1. The van der Waals surface area contributed by atoms with Gasteiger partial charge in [0.05, 0.1) is 5.52 Å². The van der Waals surface area contributed by atoms with Gasteiger partial charge in [-0.1, -0.05) is 12.1 Å². The SMILES string of the molecule is NCc1ccc(C(=O)Nc2ccc3oc(=O)[nH]c3c2)cc1. The highest BCUT2D eigenvalue weighted by Gasteiger charge is 2.08. The number of aromatic nitrogens is 1. The van der Waals surface area contributed by atoms with E-state index in [1.807, 2.05) is 12.1 Å². The molecule has 6 heteroatoms. The Kier molecular flexibility index (Phi) is 3.29. The Balaban J connectivity index is 1.82. The molecule has 1 heterocycles. The molecule has 0 saturated carbocycles. The Hall–Kier alpha value is -2.86. The van der Waals surface area contributed by atoms with Crippen molar-refractivity contribution in [3.05, 3.63) is 64.1 Å². The topological polar surface area (TPSA) is 101 Å². The van der Waals surface area contributed by atoms with Gasteiger partial charge in [0.1, 0.15) is 0 Å². The number of benzene rings is 2. The van der Waals surface area contributed by atoms with Gasteiger partial charge in [0.2, 0.25) is 0 Å². The molecule has 0 saturated heterocycles. The molecular formula is C15H13N3O3. The zero-order chi connectivity index (χ0) is 14.8. The fraction of sp³-hybridized carbons (Fsp3) is 0.0667. The summed E-state index contributed by atoms with van der Waals surface area (Å²) in [4.78, 5) is 25.7. The molecule has 0 spiro atoms. The third-order valence-electron chi connectivity index (χ3n) is 3.13. The second kappa shape index (κ2) is 5.26. The van der Waals surface area contributed by atoms with Crippen molar-refractivity contribution in [2.45, 2.75) is 6.54 Å². The summed E-state index contributed by atoms with van der Waals surface area (Å²) in [6.07, 6.45) is 0.